The van der Waals surface area contributed by atoms with Crippen LogP contribution in [0, 0.1) is 3.57 Å². The van der Waals surface area contributed by atoms with Gasteiger partial charge >= 0.3 is 0 Å². The first kappa shape index (κ1) is 13.1. The van der Waals surface area contributed by atoms with E-state index in [2.05, 4.69) is 82.1 Å². The Morgan fingerprint density at radius 3 is 2.53 bits per heavy atom. The van der Waals surface area contributed by atoms with Crippen LogP contribution < -0.4 is 0 Å². The molecule has 19 heavy (non-hydrogen) atoms. The van der Waals surface area contributed by atoms with Crippen LogP contribution in [-0.4, -0.2) is 11.4 Å². The van der Waals surface area contributed by atoms with Crippen molar-refractivity contribution in [1.29, 1.82) is 0 Å². The number of likely N-dealkylation sites (tertiary alicyclic amines) is 1. The Balaban J connectivity index is 1.79. The summed E-state index contributed by atoms with van der Waals surface area (Å²) in [5.74, 6) is 0. The van der Waals surface area contributed by atoms with Gasteiger partial charge in [0, 0.05) is 16.2 Å². The molecular formula is C17H18IN. The molecule has 2 aromatic rings. The van der Waals surface area contributed by atoms with E-state index in [1.807, 2.05) is 0 Å². The number of hydrogen-bond donors (Lipinski definition) is 0. The topological polar surface area (TPSA) is 3.24 Å². The van der Waals surface area contributed by atoms with Gasteiger partial charge in [-0.1, -0.05) is 48.5 Å². The maximum absolute atomic E-state index is 2.62. The number of rotatable bonds is 3. The maximum Gasteiger partial charge on any atom is 0.0352 e. The maximum atomic E-state index is 2.62. The Morgan fingerprint density at radius 2 is 1.74 bits per heavy atom. The first-order chi connectivity index (χ1) is 9.34. The molecule has 2 aromatic carbocycles. The molecule has 3 rings (SSSR count). The molecule has 0 aromatic heterocycles. The van der Waals surface area contributed by atoms with Crippen molar-refractivity contribution in [3.8, 4) is 0 Å². The van der Waals surface area contributed by atoms with Gasteiger partial charge < -0.3 is 0 Å². The molecule has 0 spiro atoms. The van der Waals surface area contributed by atoms with Crippen molar-refractivity contribution in [1.82, 2.24) is 4.90 Å². The van der Waals surface area contributed by atoms with E-state index >= 15 is 0 Å². The smallest absolute Gasteiger partial charge is 0.0352 e. The van der Waals surface area contributed by atoms with Crippen LogP contribution in [0.2, 0.25) is 0 Å². The highest BCUT2D eigenvalue weighted by Crippen LogP contribution is 2.33. The summed E-state index contributed by atoms with van der Waals surface area (Å²) in [4.78, 5) is 2.62. The van der Waals surface area contributed by atoms with Crippen molar-refractivity contribution in [2.75, 3.05) is 6.54 Å². The lowest BCUT2D eigenvalue weighted by atomic mass is 10.0. The molecule has 1 unspecified atom stereocenters. The molecule has 1 aliphatic rings. The minimum absolute atomic E-state index is 0.595. The third-order valence-corrected chi connectivity index (χ3v) is 4.93. The van der Waals surface area contributed by atoms with Crippen molar-refractivity contribution in [3.05, 3.63) is 69.3 Å². The first-order valence-corrected chi connectivity index (χ1v) is 7.95. The van der Waals surface area contributed by atoms with E-state index in [1.165, 1.54) is 34.1 Å². The zero-order chi connectivity index (χ0) is 13.1. The monoisotopic (exact) mass is 363 g/mol. The second-order valence-electron chi connectivity index (χ2n) is 5.13. The van der Waals surface area contributed by atoms with Gasteiger partial charge in [-0.25, -0.2) is 0 Å². The number of halogens is 1. The lowest BCUT2D eigenvalue weighted by Crippen LogP contribution is -2.23. The summed E-state index contributed by atoms with van der Waals surface area (Å²) in [7, 11) is 0. The third-order valence-electron chi connectivity index (χ3n) is 3.88. The Bertz CT molecular complexity index is 538. The molecule has 1 nitrogen and oxygen atoms in total. The second kappa shape index (κ2) is 6.06. The van der Waals surface area contributed by atoms with Crippen molar-refractivity contribution in [2.24, 2.45) is 0 Å². The van der Waals surface area contributed by atoms with Crippen LogP contribution >= 0.6 is 22.6 Å². The highest BCUT2D eigenvalue weighted by molar-refractivity contribution is 14.1. The number of nitrogens with zero attached hydrogens (tertiary/aromatic N) is 1. The van der Waals surface area contributed by atoms with Crippen LogP contribution in [0.1, 0.15) is 30.0 Å². The van der Waals surface area contributed by atoms with Gasteiger partial charge in [-0.15, -0.1) is 0 Å². The fraction of sp³-hybridized carbons (Fsp3) is 0.294. The predicted molar refractivity (Wildman–Crippen MR) is 88.0 cm³/mol. The van der Waals surface area contributed by atoms with Gasteiger partial charge in [0.2, 0.25) is 0 Å². The van der Waals surface area contributed by atoms with E-state index in [0.717, 1.165) is 6.54 Å². The van der Waals surface area contributed by atoms with E-state index in [9.17, 15) is 0 Å². The molecule has 0 aliphatic carbocycles. The molecule has 1 saturated heterocycles. The first-order valence-electron chi connectivity index (χ1n) is 6.87. The van der Waals surface area contributed by atoms with E-state index in [1.54, 1.807) is 0 Å². The highest BCUT2D eigenvalue weighted by atomic mass is 127. The lowest BCUT2D eigenvalue weighted by Gasteiger charge is -2.25. The summed E-state index contributed by atoms with van der Waals surface area (Å²) in [6.45, 7) is 2.28. The van der Waals surface area contributed by atoms with E-state index in [4.69, 9.17) is 0 Å². The van der Waals surface area contributed by atoms with Crippen molar-refractivity contribution in [3.63, 3.8) is 0 Å². The number of benzene rings is 2. The average molecular weight is 363 g/mol. The quantitative estimate of drug-likeness (QED) is 0.719. The summed E-state index contributed by atoms with van der Waals surface area (Å²) >= 11 is 2.44. The van der Waals surface area contributed by atoms with Gasteiger partial charge in [0.25, 0.3) is 0 Å². The van der Waals surface area contributed by atoms with E-state index < -0.39 is 0 Å². The van der Waals surface area contributed by atoms with Crippen LogP contribution in [0.15, 0.2) is 54.6 Å². The molecule has 0 saturated carbocycles. The molecule has 0 bridgehead atoms. The van der Waals surface area contributed by atoms with Gasteiger partial charge in [0.05, 0.1) is 0 Å². The Labute approximate surface area is 128 Å². The minimum Gasteiger partial charge on any atom is -0.292 e. The summed E-state index contributed by atoms with van der Waals surface area (Å²) in [6, 6.07) is 20.2. The molecule has 1 heterocycles. The van der Waals surface area contributed by atoms with Crippen molar-refractivity contribution in [2.45, 2.75) is 25.4 Å². The van der Waals surface area contributed by atoms with Crippen LogP contribution in [0.3, 0.4) is 0 Å². The molecule has 1 atom stereocenters. The highest BCUT2D eigenvalue weighted by Gasteiger charge is 2.25. The average Bonchev–Trinajstić information content (AvgIpc) is 2.91. The molecular weight excluding hydrogens is 345 g/mol. The summed E-state index contributed by atoms with van der Waals surface area (Å²) < 4.78 is 1.37. The Hall–Kier alpha value is -0.870. The molecule has 0 N–H and O–H groups in total. The normalized spacial score (nSPS) is 19.7. The third kappa shape index (κ3) is 3.00. The number of hydrogen-bond acceptors (Lipinski definition) is 1. The molecule has 2 heteroatoms. The van der Waals surface area contributed by atoms with Crippen LogP contribution in [0.4, 0.5) is 0 Å². The SMILES string of the molecule is Ic1ccccc1CN1CCCC1c1ccccc1. The summed E-state index contributed by atoms with van der Waals surface area (Å²) in [6.07, 6.45) is 2.59. The Kier molecular flexibility index (Phi) is 4.18. The Morgan fingerprint density at radius 1 is 1.00 bits per heavy atom. The van der Waals surface area contributed by atoms with Gasteiger partial charge in [-0.05, 0) is 59.2 Å². The molecule has 0 radical (unpaired) electrons. The van der Waals surface area contributed by atoms with E-state index in [0.29, 0.717) is 6.04 Å². The predicted octanol–water partition coefficient (Wildman–Crippen LogP) is 4.63. The largest absolute Gasteiger partial charge is 0.292 e. The van der Waals surface area contributed by atoms with Crippen LogP contribution in [0.5, 0.6) is 0 Å². The summed E-state index contributed by atoms with van der Waals surface area (Å²) in [5.41, 5.74) is 2.91. The molecule has 0 amide bonds. The standard InChI is InChI=1S/C17H18IN/c18-16-10-5-4-9-15(16)13-19-12-6-11-17(19)14-7-2-1-3-8-14/h1-5,7-10,17H,6,11-13H2. The fourth-order valence-electron chi connectivity index (χ4n) is 2.91. The fourth-order valence-corrected chi connectivity index (χ4v) is 3.47. The lowest BCUT2D eigenvalue weighted by molar-refractivity contribution is 0.248. The molecule has 1 aliphatic heterocycles. The van der Waals surface area contributed by atoms with Crippen LogP contribution in [-0.2, 0) is 6.54 Å². The second-order valence-corrected chi connectivity index (χ2v) is 6.29. The summed E-state index contributed by atoms with van der Waals surface area (Å²) in [5, 5.41) is 0. The van der Waals surface area contributed by atoms with Gasteiger partial charge in [-0.2, -0.15) is 0 Å². The van der Waals surface area contributed by atoms with Crippen molar-refractivity contribution >= 4 is 22.6 Å². The van der Waals surface area contributed by atoms with Crippen LogP contribution in [0.25, 0.3) is 0 Å². The van der Waals surface area contributed by atoms with E-state index in [-0.39, 0.29) is 0 Å². The molecule has 1 fully saturated rings. The van der Waals surface area contributed by atoms with Gasteiger partial charge in [0.1, 0.15) is 0 Å². The minimum atomic E-state index is 0.595. The van der Waals surface area contributed by atoms with Crippen molar-refractivity contribution < 1.29 is 0 Å². The van der Waals surface area contributed by atoms with Gasteiger partial charge in [-0.3, -0.25) is 4.90 Å². The zero-order valence-electron chi connectivity index (χ0n) is 10.9. The van der Waals surface area contributed by atoms with Gasteiger partial charge in [0.15, 0.2) is 0 Å². The zero-order valence-corrected chi connectivity index (χ0v) is 13.1. The molecule has 98 valence electrons.